The number of ether oxygens (including phenoxy) is 1. The predicted octanol–water partition coefficient (Wildman–Crippen LogP) is 3.12. The van der Waals surface area contributed by atoms with Gasteiger partial charge in [-0.25, -0.2) is 0 Å². The zero-order chi connectivity index (χ0) is 19.3. The van der Waals surface area contributed by atoms with E-state index in [0.717, 1.165) is 42.6 Å². The molecule has 7 heteroatoms. The first-order valence-corrected chi connectivity index (χ1v) is 11.0. The van der Waals surface area contributed by atoms with Gasteiger partial charge >= 0.3 is 0 Å². The molecule has 1 atom stereocenters. The average molecular weight is 420 g/mol. The second kappa shape index (κ2) is 9.37. The van der Waals surface area contributed by atoms with Crippen molar-refractivity contribution in [2.45, 2.75) is 12.6 Å². The Morgan fingerprint density at radius 2 is 1.71 bits per heavy atom. The van der Waals surface area contributed by atoms with Crippen molar-refractivity contribution in [3.8, 4) is 0 Å². The molecule has 0 radical (unpaired) electrons. The van der Waals surface area contributed by atoms with Gasteiger partial charge in [-0.3, -0.25) is 14.6 Å². The highest BCUT2D eigenvalue weighted by atomic mass is 35.5. The van der Waals surface area contributed by atoms with Crippen molar-refractivity contribution in [3.63, 3.8) is 0 Å². The predicted molar refractivity (Wildman–Crippen MR) is 113 cm³/mol. The number of halogens is 1. The minimum atomic E-state index is -0.211. The molecule has 0 saturated carbocycles. The summed E-state index contributed by atoms with van der Waals surface area (Å²) in [5.74, 6) is 0.202. The molecule has 0 N–H and O–H groups in total. The maximum Gasteiger partial charge on any atom is 0.244 e. The molecule has 2 saturated heterocycles. The van der Waals surface area contributed by atoms with Gasteiger partial charge in [-0.1, -0.05) is 41.9 Å². The molecule has 0 unspecified atom stereocenters. The standard InChI is InChI=1S/C21H26ClN3O2S/c22-19-7-6-18(28-19)16-23-8-10-24(11-9-23)20(17-4-2-1-3-5-17)21(26)25-12-14-27-15-13-25/h1-7,20H,8-16H2/t20-/m1/s1. The second-order valence-electron chi connectivity index (χ2n) is 7.27. The third kappa shape index (κ3) is 4.75. The Bertz CT molecular complexity index is 771. The summed E-state index contributed by atoms with van der Waals surface area (Å²) >= 11 is 7.71. The molecular weight excluding hydrogens is 394 g/mol. The zero-order valence-electron chi connectivity index (χ0n) is 15.9. The number of benzene rings is 1. The number of morpholine rings is 1. The largest absolute Gasteiger partial charge is 0.378 e. The minimum absolute atomic E-state index is 0.202. The molecule has 1 aromatic heterocycles. The van der Waals surface area contributed by atoms with E-state index in [0.29, 0.717) is 26.3 Å². The van der Waals surface area contributed by atoms with E-state index in [1.54, 1.807) is 11.3 Å². The molecule has 0 spiro atoms. The number of piperazine rings is 1. The van der Waals surface area contributed by atoms with Gasteiger partial charge in [-0.05, 0) is 17.7 Å². The Labute approximate surface area is 175 Å². The number of carbonyl (C=O) groups is 1. The van der Waals surface area contributed by atoms with Crippen LogP contribution in [-0.4, -0.2) is 73.1 Å². The Hall–Kier alpha value is -1.44. The number of thiophene rings is 1. The lowest BCUT2D eigenvalue weighted by Crippen LogP contribution is -2.52. The van der Waals surface area contributed by atoms with Crippen molar-refractivity contribution in [2.24, 2.45) is 0 Å². The quantitative estimate of drug-likeness (QED) is 0.746. The molecule has 2 aliphatic heterocycles. The number of rotatable bonds is 5. The van der Waals surface area contributed by atoms with Crippen LogP contribution in [0.2, 0.25) is 4.34 Å². The lowest BCUT2D eigenvalue weighted by atomic mass is 10.0. The fraction of sp³-hybridized carbons (Fsp3) is 0.476. The van der Waals surface area contributed by atoms with Crippen LogP contribution in [0.1, 0.15) is 16.5 Å². The number of hydrogen-bond acceptors (Lipinski definition) is 5. The van der Waals surface area contributed by atoms with Gasteiger partial charge in [0.1, 0.15) is 6.04 Å². The van der Waals surface area contributed by atoms with E-state index in [2.05, 4.69) is 28.0 Å². The molecule has 28 heavy (non-hydrogen) atoms. The topological polar surface area (TPSA) is 36.0 Å². The molecular formula is C21H26ClN3O2S. The van der Waals surface area contributed by atoms with E-state index in [-0.39, 0.29) is 11.9 Å². The molecule has 3 heterocycles. The highest BCUT2D eigenvalue weighted by Gasteiger charge is 2.33. The lowest BCUT2D eigenvalue weighted by molar-refractivity contribution is -0.142. The van der Waals surface area contributed by atoms with Crippen molar-refractivity contribution in [3.05, 3.63) is 57.2 Å². The van der Waals surface area contributed by atoms with Crippen LogP contribution in [0.3, 0.4) is 0 Å². The second-order valence-corrected chi connectivity index (χ2v) is 9.07. The molecule has 0 bridgehead atoms. The first-order valence-electron chi connectivity index (χ1n) is 9.83. The monoisotopic (exact) mass is 419 g/mol. The lowest BCUT2D eigenvalue weighted by Gasteiger charge is -2.41. The van der Waals surface area contributed by atoms with Crippen LogP contribution in [0, 0.1) is 0 Å². The number of nitrogens with zero attached hydrogens (tertiary/aromatic N) is 3. The van der Waals surface area contributed by atoms with Crippen molar-refractivity contribution in [1.29, 1.82) is 0 Å². The maximum absolute atomic E-state index is 13.4. The Balaban J connectivity index is 1.44. The molecule has 2 fully saturated rings. The molecule has 150 valence electrons. The summed E-state index contributed by atoms with van der Waals surface area (Å²) in [6.45, 7) is 7.23. The van der Waals surface area contributed by atoms with Crippen molar-refractivity contribution in [2.75, 3.05) is 52.5 Å². The molecule has 1 aromatic carbocycles. The third-order valence-corrected chi connectivity index (χ3v) is 6.67. The van der Waals surface area contributed by atoms with Crippen LogP contribution in [0.25, 0.3) is 0 Å². The van der Waals surface area contributed by atoms with Crippen LogP contribution in [-0.2, 0) is 16.1 Å². The summed E-state index contributed by atoms with van der Waals surface area (Å²) in [5.41, 5.74) is 1.08. The SMILES string of the molecule is O=C([C@@H](c1ccccc1)N1CCN(Cc2ccc(Cl)s2)CC1)N1CCOCC1. The minimum Gasteiger partial charge on any atom is -0.378 e. The molecule has 1 amide bonds. The van der Waals surface area contributed by atoms with E-state index in [4.69, 9.17) is 16.3 Å². The fourth-order valence-electron chi connectivity index (χ4n) is 3.94. The molecule has 4 rings (SSSR count). The van der Waals surface area contributed by atoms with Crippen LogP contribution in [0.4, 0.5) is 0 Å². The first kappa shape index (κ1) is 19.9. The van der Waals surface area contributed by atoms with E-state index < -0.39 is 0 Å². The number of amides is 1. The van der Waals surface area contributed by atoms with Gasteiger partial charge in [0.2, 0.25) is 5.91 Å². The molecule has 2 aliphatic rings. The Kier molecular flexibility index (Phi) is 6.65. The van der Waals surface area contributed by atoms with Gasteiger partial charge in [-0.2, -0.15) is 0 Å². The molecule has 5 nitrogen and oxygen atoms in total. The fourth-order valence-corrected chi connectivity index (χ4v) is 5.07. The van der Waals surface area contributed by atoms with Crippen LogP contribution in [0.5, 0.6) is 0 Å². The first-order chi connectivity index (χ1) is 13.7. The van der Waals surface area contributed by atoms with E-state index in [9.17, 15) is 4.79 Å². The Morgan fingerprint density at radius 3 is 2.36 bits per heavy atom. The number of carbonyl (C=O) groups excluding carboxylic acids is 1. The average Bonchev–Trinajstić information content (AvgIpc) is 3.15. The van der Waals surface area contributed by atoms with Gasteiger partial charge in [0.15, 0.2) is 0 Å². The van der Waals surface area contributed by atoms with E-state index in [1.807, 2.05) is 29.2 Å². The highest BCUT2D eigenvalue weighted by molar-refractivity contribution is 7.16. The zero-order valence-corrected chi connectivity index (χ0v) is 17.5. The summed E-state index contributed by atoms with van der Waals surface area (Å²) in [7, 11) is 0. The van der Waals surface area contributed by atoms with Crippen LogP contribution in [0.15, 0.2) is 42.5 Å². The van der Waals surface area contributed by atoms with Crippen molar-refractivity contribution >= 4 is 28.8 Å². The normalized spacial score (nSPS) is 20.2. The van der Waals surface area contributed by atoms with Gasteiger partial charge in [0.25, 0.3) is 0 Å². The highest BCUT2D eigenvalue weighted by Crippen LogP contribution is 2.27. The van der Waals surface area contributed by atoms with Crippen LogP contribution >= 0.6 is 22.9 Å². The maximum atomic E-state index is 13.4. The van der Waals surface area contributed by atoms with Crippen molar-refractivity contribution in [1.82, 2.24) is 14.7 Å². The summed E-state index contributed by atoms with van der Waals surface area (Å²) in [6.07, 6.45) is 0. The van der Waals surface area contributed by atoms with Gasteiger partial charge in [0.05, 0.1) is 17.6 Å². The summed E-state index contributed by atoms with van der Waals surface area (Å²) in [4.78, 5) is 21.4. The smallest absolute Gasteiger partial charge is 0.244 e. The summed E-state index contributed by atoms with van der Waals surface area (Å²) < 4.78 is 6.27. The Morgan fingerprint density at radius 1 is 1.00 bits per heavy atom. The van der Waals surface area contributed by atoms with E-state index in [1.165, 1.54) is 4.88 Å². The third-order valence-electron chi connectivity index (χ3n) is 5.45. The van der Waals surface area contributed by atoms with Gasteiger partial charge < -0.3 is 9.64 Å². The van der Waals surface area contributed by atoms with E-state index >= 15 is 0 Å². The molecule has 2 aromatic rings. The number of hydrogen-bond donors (Lipinski definition) is 0. The summed E-state index contributed by atoms with van der Waals surface area (Å²) in [5, 5.41) is 0. The van der Waals surface area contributed by atoms with Crippen molar-refractivity contribution < 1.29 is 9.53 Å². The summed E-state index contributed by atoms with van der Waals surface area (Å²) in [6, 6.07) is 14.0. The van der Waals surface area contributed by atoms with Gasteiger partial charge in [-0.15, -0.1) is 11.3 Å². The van der Waals surface area contributed by atoms with Gasteiger partial charge in [0, 0.05) is 50.7 Å². The molecule has 0 aliphatic carbocycles. The van der Waals surface area contributed by atoms with Crippen LogP contribution < -0.4 is 0 Å².